The van der Waals surface area contributed by atoms with Crippen LogP contribution in [0.4, 0.5) is 5.69 Å². The monoisotopic (exact) mass is 330 g/mol. The number of nitrogens with one attached hydrogen (secondary N) is 1. The van der Waals surface area contributed by atoms with Gasteiger partial charge < -0.3 is 5.32 Å². The lowest BCUT2D eigenvalue weighted by molar-refractivity contribution is -0.118. The first-order chi connectivity index (χ1) is 9.74. The lowest BCUT2D eigenvalue weighted by Gasteiger charge is -2.16. The number of halogens is 1. The number of nitrogens with zero attached hydrogens (tertiary/aromatic N) is 1. The Morgan fingerprint density at radius 1 is 1.20 bits per heavy atom. The second-order valence-corrected chi connectivity index (χ2v) is 5.90. The summed E-state index contributed by atoms with van der Waals surface area (Å²) in [5.74, 6) is 0.475. The quantitative estimate of drug-likeness (QED) is 0.861. The Bertz CT molecular complexity index is 594. The first-order valence-electron chi connectivity index (χ1n) is 6.71. The molecule has 1 fully saturated rings. The van der Waals surface area contributed by atoms with Crippen LogP contribution in [0.2, 0.25) is 0 Å². The van der Waals surface area contributed by atoms with Crippen LogP contribution >= 0.6 is 15.9 Å². The van der Waals surface area contributed by atoms with E-state index >= 15 is 0 Å². The Balaban J connectivity index is 1.78. The van der Waals surface area contributed by atoms with E-state index < -0.39 is 0 Å². The number of carbonyl (C=O) groups is 1. The number of benzene rings is 1. The first-order valence-corrected chi connectivity index (χ1v) is 7.51. The number of hydrogen-bond acceptors (Lipinski definition) is 2. The van der Waals surface area contributed by atoms with E-state index in [1.165, 1.54) is 0 Å². The smallest absolute Gasteiger partial charge is 0.232 e. The van der Waals surface area contributed by atoms with Crippen molar-refractivity contribution in [2.45, 2.75) is 18.8 Å². The maximum atomic E-state index is 12.5. The summed E-state index contributed by atoms with van der Waals surface area (Å²) in [5, 5.41) is 2.97. The summed E-state index contributed by atoms with van der Waals surface area (Å²) in [7, 11) is 0. The van der Waals surface area contributed by atoms with Crippen LogP contribution in [0.25, 0.3) is 0 Å². The Kier molecular flexibility index (Phi) is 3.83. The van der Waals surface area contributed by atoms with Gasteiger partial charge >= 0.3 is 0 Å². The standard InChI is InChI=1S/C16H15BrN2O/c17-14-9-8-13(10-18-14)19-16(20)15(12-6-7-12)11-4-2-1-3-5-11/h1-5,8-10,12,15H,6-7H2,(H,19,20). The molecule has 0 saturated heterocycles. The van der Waals surface area contributed by atoms with Gasteiger partial charge in [-0.1, -0.05) is 30.3 Å². The van der Waals surface area contributed by atoms with Crippen LogP contribution in [0, 0.1) is 5.92 Å². The van der Waals surface area contributed by atoms with Gasteiger partial charge in [0, 0.05) is 0 Å². The van der Waals surface area contributed by atoms with Gasteiger partial charge in [-0.2, -0.15) is 0 Å². The third kappa shape index (κ3) is 3.07. The number of rotatable bonds is 4. The lowest BCUT2D eigenvalue weighted by Crippen LogP contribution is -2.22. The average Bonchev–Trinajstić information content (AvgIpc) is 3.28. The summed E-state index contributed by atoms with van der Waals surface area (Å²) in [6.07, 6.45) is 3.92. The van der Waals surface area contributed by atoms with Crippen molar-refractivity contribution in [3.8, 4) is 0 Å². The average molecular weight is 331 g/mol. The maximum absolute atomic E-state index is 12.5. The summed E-state index contributed by atoms with van der Waals surface area (Å²) < 4.78 is 0.761. The topological polar surface area (TPSA) is 42.0 Å². The second-order valence-electron chi connectivity index (χ2n) is 5.08. The molecule has 1 amide bonds. The highest BCUT2D eigenvalue weighted by molar-refractivity contribution is 9.10. The normalized spacial score (nSPS) is 15.7. The Morgan fingerprint density at radius 3 is 2.55 bits per heavy atom. The van der Waals surface area contributed by atoms with Gasteiger partial charge in [0.25, 0.3) is 0 Å². The largest absolute Gasteiger partial charge is 0.324 e. The van der Waals surface area contributed by atoms with Crippen molar-refractivity contribution in [3.63, 3.8) is 0 Å². The molecule has 1 aliphatic rings. The van der Waals surface area contributed by atoms with Crippen molar-refractivity contribution < 1.29 is 4.79 Å². The molecule has 1 N–H and O–H groups in total. The van der Waals surface area contributed by atoms with Gasteiger partial charge in [-0.05, 0) is 52.4 Å². The number of anilines is 1. The number of aromatic nitrogens is 1. The Labute approximate surface area is 126 Å². The van der Waals surface area contributed by atoms with Crippen LogP contribution < -0.4 is 5.32 Å². The van der Waals surface area contributed by atoms with Gasteiger partial charge in [-0.3, -0.25) is 4.79 Å². The van der Waals surface area contributed by atoms with Gasteiger partial charge in [0.15, 0.2) is 0 Å². The van der Waals surface area contributed by atoms with Gasteiger partial charge in [0.2, 0.25) is 5.91 Å². The molecule has 0 radical (unpaired) electrons. The molecule has 0 bridgehead atoms. The van der Waals surface area contributed by atoms with E-state index in [4.69, 9.17) is 0 Å². The third-order valence-electron chi connectivity index (χ3n) is 3.53. The summed E-state index contributed by atoms with van der Waals surface area (Å²) >= 11 is 3.29. The van der Waals surface area contributed by atoms with Crippen molar-refractivity contribution >= 4 is 27.5 Å². The molecule has 3 rings (SSSR count). The highest BCUT2D eigenvalue weighted by Crippen LogP contribution is 2.43. The van der Waals surface area contributed by atoms with Crippen molar-refractivity contribution in [2.75, 3.05) is 5.32 Å². The maximum Gasteiger partial charge on any atom is 0.232 e. The van der Waals surface area contributed by atoms with Crippen LogP contribution in [0.1, 0.15) is 24.3 Å². The van der Waals surface area contributed by atoms with Crippen LogP contribution in [0.15, 0.2) is 53.3 Å². The molecule has 0 aliphatic heterocycles. The van der Waals surface area contributed by atoms with Gasteiger partial charge in [-0.25, -0.2) is 4.98 Å². The molecule has 1 aliphatic carbocycles. The molecule has 1 atom stereocenters. The molecule has 1 heterocycles. The second kappa shape index (κ2) is 5.75. The molecule has 1 unspecified atom stereocenters. The fourth-order valence-corrected chi connectivity index (χ4v) is 2.63. The number of carbonyl (C=O) groups excluding carboxylic acids is 1. The number of amides is 1. The van der Waals surface area contributed by atoms with Crippen LogP contribution in [0.5, 0.6) is 0 Å². The van der Waals surface area contributed by atoms with E-state index in [0.717, 1.165) is 28.7 Å². The summed E-state index contributed by atoms with van der Waals surface area (Å²) in [6, 6.07) is 13.7. The van der Waals surface area contributed by atoms with Crippen LogP contribution in [-0.4, -0.2) is 10.9 Å². The summed E-state index contributed by atoms with van der Waals surface area (Å²) in [6.45, 7) is 0. The van der Waals surface area contributed by atoms with E-state index in [1.807, 2.05) is 42.5 Å². The molecular weight excluding hydrogens is 316 g/mol. The zero-order chi connectivity index (χ0) is 13.9. The SMILES string of the molecule is O=C(Nc1ccc(Br)nc1)C(c1ccccc1)C1CC1. The minimum absolute atomic E-state index is 0.0557. The van der Waals surface area contributed by atoms with E-state index in [1.54, 1.807) is 6.20 Å². The van der Waals surface area contributed by atoms with Gasteiger partial charge in [0.05, 0.1) is 17.8 Å². The molecule has 0 spiro atoms. The van der Waals surface area contributed by atoms with Gasteiger partial charge in [-0.15, -0.1) is 0 Å². The number of pyridine rings is 1. The van der Waals surface area contributed by atoms with E-state index in [0.29, 0.717) is 5.92 Å². The van der Waals surface area contributed by atoms with E-state index in [2.05, 4.69) is 26.2 Å². The zero-order valence-corrected chi connectivity index (χ0v) is 12.5. The number of hydrogen-bond donors (Lipinski definition) is 1. The molecular formula is C16H15BrN2O. The fourth-order valence-electron chi connectivity index (χ4n) is 2.40. The fraction of sp³-hybridized carbons (Fsp3) is 0.250. The highest BCUT2D eigenvalue weighted by atomic mass is 79.9. The molecule has 1 aromatic heterocycles. The Hall–Kier alpha value is -1.68. The van der Waals surface area contributed by atoms with Crippen molar-refractivity contribution in [2.24, 2.45) is 5.92 Å². The molecule has 1 aromatic carbocycles. The molecule has 3 nitrogen and oxygen atoms in total. The minimum Gasteiger partial charge on any atom is -0.324 e. The van der Waals surface area contributed by atoms with E-state index in [9.17, 15) is 4.79 Å². The first kappa shape index (κ1) is 13.3. The van der Waals surface area contributed by atoms with Crippen LogP contribution in [0.3, 0.4) is 0 Å². The predicted molar refractivity (Wildman–Crippen MR) is 82.5 cm³/mol. The Morgan fingerprint density at radius 2 is 1.95 bits per heavy atom. The molecule has 4 heteroatoms. The third-order valence-corrected chi connectivity index (χ3v) is 4.00. The summed E-state index contributed by atoms with van der Waals surface area (Å²) in [5.41, 5.74) is 1.83. The predicted octanol–water partition coefficient (Wildman–Crippen LogP) is 3.98. The summed E-state index contributed by atoms with van der Waals surface area (Å²) in [4.78, 5) is 16.7. The van der Waals surface area contributed by atoms with Crippen LogP contribution in [-0.2, 0) is 4.79 Å². The lowest BCUT2D eigenvalue weighted by atomic mass is 9.93. The van der Waals surface area contributed by atoms with Crippen molar-refractivity contribution in [1.82, 2.24) is 4.98 Å². The van der Waals surface area contributed by atoms with Crippen molar-refractivity contribution in [1.29, 1.82) is 0 Å². The highest BCUT2D eigenvalue weighted by Gasteiger charge is 2.37. The van der Waals surface area contributed by atoms with Gasteiger partial charge in [0.1, 0.15) is 4.60 Å². The zero-order valence-electron chi connectivity index (χ0n) is 10.9. The molecule has 102 valence electrons. The molecule has 1 saturated carbocycles. The van der Waals surface area contributed by atoms with E-state index in [-0.39, 0.29) is 11.8 Å². The molecule has 2 aromatic rings. The molecule has 20 heavy (non-hydrogen) atoms. The van der Waals surface area contributed by atoms with Crippen molar-refractivity contribution in [3.05, 3.63) is 58.8 Å². The minimum atomic E-state index is -0.0557.